The third kappa shape index (κ3) is 3.77. The van der Waals surface area contributed by atoms with Crippen LogP contribution in [-0.2, 0) is 11.4 Å². The second-order valence-corrected chi connectivity index (χ2v) is 5.10. The Kier molecular flexibility index (Phi) is 4.49. The number of benzene rings is 1. The number of carbonyl (C=O) groups excluding carboxylic acids is 1. The number of hydrogen-bond donors (Lipinski definition) is 2. The average Bonchev–Trinajstić information content (AvgIpc) is 2.82. The molecule has 0 saturated carbocycles. The zero-order chi connectivity index (χ0) is 13.7. The molecule has 0 spiro atoms. The van der Waals surface area contributed by atoms with Gasteiger partial charge in [0.25, 0.3) is 0 Å². The Balaban J connectivity index is 2.01. The lowest BCUT2D eigenvalue weighted by atomic mass is 10.2. The van der Waals surface area contributed by atoms with Gasteiger partial charge in [0, 0.05) is 16.6 Å². The lowest BCUT2D eigenvalue weighted by Gasteiger charge is -2.03. The van der Waals surface area contributed by atoms with Gasteiger partial charge in [-0.15, -0.1) is 11.3 Å². The van der Waals surface area contributed by atoms with Crippen LogP contribution < -0.4 is 5.32 Å². The van der Waals surface area contributed by atoms with Crippen molar-refractivity contribution in [2.24, 2.45) is 0 Å². The lowest BCUT2D eigenvalue weighted by molar-refractivity contribution is -0.111. The number of aliphatic hydroxyl groups is 1. The molecule has 0 aliphatic carbocycles. The summed E-state index contributed by atoms with van der Waals surface area (Å²) >= 11 is 1.60. The minimum atomic E-state index is -0.178. The Morgan fingerprint density at radius 2 is 2.26 bits per heavy atom. The van der Waals surface area contributed by atoms with Crippen molar-refractivity contribution in [3.63, 3.8) is 0 Å². The van der Waals surface area contributed by atoms with Crippen molar-refractivity contribution in [1.29, 1.82) is 0 Å². The number of nitrogens with one attached hydrogen (secondary N) is 1. The van der Waals surface area contributed by atoms with E-state index in [2.05, 4.69) is 5.32 Å². The number of amides is 1. The van der Waals surface area contributed by atoms with Gasteiger partial charge in [-0.2, -0.15) is 0 Å². The summed E-state index contributed by atoms with van der Waals surface area (Å²) in [4.78, 5) is 12.8. The molecule has 1 aromatic carbocycles. The molecule has 0 fully saturated rings. The molecule has 0 aliphatic heterocycles. The predicted molar refractivity (Wildman–Crippen MR) is 79.1 cm³/mol. The first-order valence-electron chi connectivity index (χ1n) is 5.92. The van der Waals surface area contributed by atoms with Gasteiger partial charge in [0.15, 0.2) is 0 Å². The molecule has 0 bridgehead atoms. The summed E-state index contributed by atoms with van der Waals surface area (Å²) in [5.74, 6) is -0.178. The summed E-state index contributed by atoms with van der Waals surface area (Å²) < 4.78 is 0. The Labute approximate surface area is 116 Å². The summed E-state index contributed by atoms with van der Waals surface area (Å²) in [5.41, 5.74) is 2.62. The van der Waals surface area contributed by atoms with Gasteiger partial charge in [-0.3, -0.25) is 4.79 Å². The number of rotatable bonds is 4. The zero-order valence-corrected chi connectivity index (χ0v) is 11.4. The molecular formula is C15H15NO2S. The van der Waals surface area contributed by atoms with Crippen molar-refractivity contribution < 1.29 is 9.90 Å². The van der Waals surface area contributed by atoms with E-state index in [4.69, 9.17) is 5.11 Å². The van der Waals surface area contributed by atoms with E-state index in [1.807, 2.05) is 24.4 Å². The molecule has 1 amide bonds. The molecule has 0 saturated heterocycles. The van der Waals surface area contributed by atoms with Crippen LogP contribution in [-0.4, -0.2) is 11.0 Å². The van der Waals surface area contributed by atoms with Crippen LogP contribution >= 0.6 is 11.3 Å². The highest BCUT2D eigenvalue weighted by atomic mass is 32.1. The highest BCUT2D eigenvalue weighted by molar-refractivity contribution is 7.11. The van der Waals surface area contributed by atoms with Crippen LogP contribution in [0.25, 0.3) is 6.08 Å². The number of aliphatic hydroxyl groups excluding tert-OH is 1. The smallest absolute Gasteiger partial charge is 0.248 e. The Hall–Kier alpha value is -1.91. The van der Waals surface area contributed by atoms with E-state index in [9.17, 15) is 4.79 Å². The highest BCUT2D eigenvalue weighted by Gasteiger charge is 2.00. The van der Waals surface area contributed by atoms with Crippen LogP contribution in [0.4, 0.5) is 5.69 Å². The van der Waals surface area contributed by atoms with E-state index in [-0.39, 0.29) is 12.5 Å². The fourth-order valence-corrected chi connectivity index (χ4v) is 2.46. The van der Waals surface area contributed by atoms with Crippen LogP contribution in [0.1, 0.15) is 16.0 Å². The zero-order valence-electron chi connectivity index (χ0n) is 10.6. The summed E-state index contributed by atoms with van der Waals surface area (Å²) in [6.07, 6.45) is 3.33. The second kappa shape index (κ2) is 6.31. The van der Waals surface area contributed by atoms with Gasteiger partial charge in [-0.25, -0.2) is 0 Å². The second-order valence-electron chi connectivity index (χ2n) is 4.15. The predicted octanol–water partition coefficient (Wildman–Crippen LogP) is 3.20. The van der Waals surface area contributed by atoms with Crippen LogP contribution in [0.2, 0.25) is 0 Å². The van der Waals surface area contributed by atoms with Crippen LogP contribution in [0.15, 0.2) is 41.8 Å². The average molecular weight is 273 g/mol. The van der Waals surface area contributed by atoms with Crippen molar-refractivity contribution in [1.82, 2.24) is 0 Å². The molecule has 3 nitrogen and oxygen atoms in total. The van der Waals surface area contributed by atoms with E-state index in [1.165, 1.54) is 6.08 Å². The highest BCUT2D eigenvalue weighted by Crippen LogP contribution is 2.17. The molecule has 2 aromatic rings. The van der Waals surface area contributed by atoms with Crippen LogP contribution in [0.3, 0.4) is 0 Å². The molecule has 0 atom stereocenters. The Bertz CT molecular complexity index is 602. The molecule has 0 unspecified atom stereocenters. The SMILES string of the molecule is Cc1ccsc1/C=C/C(=O)Nc1cccc(CO)c1. The van der Waals surface area contributed by atoms with Gasteiger partial charge in [0.1, 0.15) is 0 Å². The van der Waals surface area contributed by atoms with Crippen molar-refractivity contribution in [2.45, 2.75) is 13.5 Å². The third-order valence-corrected chi connectivity index (χ3v) is 3.65. The quantitative estimate of drug-likeness (QED) is 0.840. The number of aryl methyl sites for hydroxylation is 1. The maximum atomic E-state index is 11.8. The minimum absolute atomic E-state index is 0.0338. The Morgan fingerprint density at radius 3 is 2.95 bits per heavy atom. The first-order valence-corrected chi connectivity index (χ1v) is 6.80. The van der Waals surface area contributed by atoms with Gasteiger partial charge in [0.05, 0.1) is 6.61 Å². The molecule has 2 N–H and O–H groups in total. The number of hydrogen-bond acceptors (Lipinski definition) is 3. The fourth-order valence-electron chi connectivity index (χ4n) is 1.64. The first kappa shape index (κ1) is 13.5. The minimum Gasteiger partial charge on any atom is -0.392 e. The summed E-state index contributed by atoms with van der Waals surface area (Å²) in [6, 6.07) is 9.17. The van der Waals surface area contributed by atoms with E-state index in [0.717, 1.165) is 16.0 Å². The molecule has 2 rings (SSSR count). The first-order chi connectivity index (χ1) is 9.19. The van der Waals surface area contributed by atoms with Crippen molar-refractivity contribution in [3.05, 3.63) is 57.8 Å². The summed E-state index contributed by atoms with van der Waals surface area (Å²) in [6.45, 7) is 1.98. The van der Waals surface area contributed by atoms with E-state index >= 15 is 0 Å². The maximum absolute atomic E-state index is 11.8. The monoisotopic (exact) mass is 273 g/mol. The summed E-state index contributed by atoms with van der Waals surface area (Å²) in [7, 11) is 0. The number of anilines is 1. The van der Waals surface area contributed by atoms with Crippen LogP contribution in [0.5, 0.6) is 0 Å². The van der Waals surface area contributed by atoms with E-state index < -0.39 is 0 Å². The molecule has 1 heterocycles. The summed E-state index contributed by atoms with van der Waals surface area (Å²) in [5, 5.41) is 13.8. The molecule has 0 radical (unpaired) electrons. The molecule has 98 valence electrons. The molecule has 19 heavy (non-hydrogen) atoms. The van der Waals surface area contributed by atoms with Crippen molar-refractivity contribution in [3.8, 4) is 0 Å². The Morgan fingerprint density at radius 1 is 1.42 bits per heavy atom. The van der Waals surface area contributed by atoms with E-state index in [1.54, 1.807) is 35.6 Å². The van der Waals surface area contributed by atoms with Crippen molar-refractivity contribution in [2.75, 3.05) is 5.32 Å². The third-order valence-electron chi connectivity index (χ3n) is 2.66. The normalized spacial score (nSPS) is 10.8. The fraction of sp³-hybridized carbons (Fsp3) is 0.133. The largest absolute Gasteiger partial charge is 0.392 e. The van der Waals surface area contributed by atoms with Gasteiger partial charge in [-0.1, -0.05) is 12.1 Å². The van der Waals surface area contributed by atoms with Gasteiger partial charge >= 0.3 is 0 Å². The number of carbonyl (C=O) groups is 1. The molecule has 1 aromatic heterocycles. The van der Waals surface area contributed by atoms with Gasteiger partial charge < -0.3 is 10.4 Å². The molecule has 4 heteroatoms. The standard InChI is InChI=1S/C15H15NO2S/c1-11-7-8-19-14(11)5-6-15(18)16-13-4-2-3-12(9-13)10-17/h2-9,17H,10H2,1H3,(H,16,18)/b6-5+. The van der Waals surface area contributed by atoms with Gasteiger partial charge in [-0.05, 0) is 47.7 Å². The molecular weight excluding hydrogens is 258 g/mol. The number of thiophene rings is 1. The maximum Gasteiger partial charge on any atom is 0.248 e. The van der Waals surface area contributed by atoms with Crippen LogP contribution in [0, 0.1) is 6.92 Å². The topological polar surface area (TPSA) is 49.3 Å². The van der Waals surface area contributed by atoms with E-state index in [0.29, 0.717) is 5.69 Å². The molecule has 0 aliphatic rings. The van der Waals surface area contributed by atoms with Gasteiger partial charge in [0.2, 0.25) is 5.91 Å². The lowest BCUT2D eigenvalue weighted by Crippen LogP contribution is -2.07. The van der Waals surface area contributed by atoms with Crippen molar-refractivity contribution >= 4 is 29.0 Å².